The second kappa shape index (κ2) is 5.88. The van der Waals surface area contributed by atoms with E-state index in [4.69, 9.17) is 11.6 Å². The standard InChI is InChI=1S/C18H23ClN2O3S/c1-25(23,24)21-14-2-3-15(16(19)7-14)17(22)20-18-8-11-4-12(9-18)6-13(5-11)10-18/h2-3,7,11-13,21H,4-6,8-10H2,1H3,(H,20,22). The van der Waals surface area contributed by atoms with Crippen LogP contribution in [0.2, 0.25) is 5.02 Å². The fourth-order valence-corrected chi connectivity index (χ4v) is 6.37. The molecule has 0 aromatic heterocycles. The summed E-state index contributed by atoms with van der Waals surface area (Å²) in [5.41, 5.74) is 0.689. The van der Waals surface area contributed by atoms with Gasteiger partial charge in [0.15, 0.2) is 0 Å². The van der Waals surface area contributed by atoms with Crippen LogP contribution in [0.1, 0.15) is 48.9 Å². The lowest BCUT2D eigenvalue weighted by Crippen LogP contribution is -2.59. The molecule has 25 heavy (non-hydrogen) atoms. The van der Waals surface area contributed by atoms with Crippen LogP contribution in [0.3, 0.4) is 0 Å². The predicted molar refractivity (Wildman–Crippen MR) is 98.3 cm³/mol. The first-order chi connectivity index (χ1) is 11.7. The minimum atomic E-state index is -3.37. The number of benzene rings is 1. The Labute approximate surface area is 153 Å². The van der Waals surface area contributed by atoms with Gasteiger partial charge in [-0.3, -0.25) is 9.52 Å². The Morgan fingerprint density at radius 1 is 1.12 bits per heavy atom. The summed E-state index contributed by atoms with van der Waals surface area (Å²) < 4.78 is 25.0. The fourth-order valence-electron chi connectivity index (χ4n) is 5.55. The second-order valence-electron chi connectivity index (χ2n) is 8.22. The van der Waals surface area contributed by atoms with Gasteiger partial charge in [0.05, 0.1) is 16.8 Å². The molecule has 136 valence electrons. The topological polar surface area (TPSA) is 75.3 Å². The van der Waals surface area contributed by atoms with Crippen molar-refractivity contribution in [3.63, 3.8) is 0 Å². The van der Waals surface area contributed by atoms with Crippen molar-refractivity contribution in [1.29, 1.82) is 0 Å². The molecule has 4 fully saturated rings. The van der Waals surface area contributed by atoms with Gasteiger partial charge in [0.2, 0.25) is 10.0 Å². The lowest BCUT2D eigenvalue weighted by atomic mass is 9.53. The summed E-state index contributed by atoms with van der Waals surface area (Å²) in [7, 11) is -3.37. The van der Waals surface area contributed by atoms with Crippen LogP contribution in [-0.4, -0.2) is 26.1 Å². The van der Waals surface area contributed by atoms with Gasteiger partial charge in [0.1, 0.15) is 0 Å². The third-order valence-corrected chi connectivity index (χ3v) is 6.85. The number of hydrogen-bond donors (Lipinski definition) is 2. The highest BCUT2D eigenvalue weighted by Crippen LogP contribution is 2.55. The molecule has 7 heteroatoms. The number of nitrogens with one attached hydrogen (secondary N) is 2. The zero-order valence-corrected chi connectivity index (χ0v) is 15.8. The van der Waals surface area contributed by atoms with Crippen LogP contribution in [0.15, 0.2) is 18.2 Å². The van der Waals surface area contributed by atoms with Gasteiger partial charge in [-0.25, -0.2) is 8.42 Å². The zero-order chi connectivity index (χ0) is 17.8. The van der Waals surface area contributed by atoms with Crippen molar-refractivity contribution in [3.05, 3.63) is 28.8 Å². The molecule has 0 spiro atoms. The molecule has 1 aromatic carbocycles. The average Bonchev–Trinajstić information content (AvgIpc) is 2.43. The Morgan fingerprint density at radius 2 is 1.68 bits per heavy atom. The molecule has 4 saturated carbocycles. The van der Waals surface area contributed by atoms with Crippen molar-refractivity contribution in [1.82, 2.24) is 5.32 Å². The van der Waals surface area contributed by atoms with Crippen LogP contribution in [0.25, 0.3) is 0 Å². The summed E-state index contributed by atoms with van der Waals surface area (Å²) in [6, 6.07) is 4.64. The molecule has 4 bridgehead atoms. The van der Waals surface area contributed by atoms with E-state index in [0.717, 1.165) is 43.3 Å². The third kappa shape index (κ3) is 3.51. The number of carbonyl (C=O) groups excluding carboxylic acids is 1. The molecule has 4 aliphatic carbocycles. The number of rotatable bonds is 4. The zero-order valence-electron chi connectivity index (χ0n) is 14.2. The van der Waals surface area contributed by atoms with E-state index < -0.39 is 10.0 Å². The summed E-state index contributed by atoms with van der Waals surface area (Å²) in [6.07, 6.45) is 8.28. The van der Waals surface area contributed by atoms with Crippen molar-refractivity contribution in [3.8, 4) is 0 Å². The van der Waals surface area contributed by atoms with E-state index in [2.05, 4.69) is 10.0 Å². The van der Waals surface area contributed by atoms with Crippen molar-refractivity contribution in [2.24, 2.45) is 17.8 Å². The first-order valence-electron chi connectivity index (χ1n) is 8.81. The van der Waals surface area contributed by atoms with Crippen LogP contribution in [-0.2, 0) is 10.0 Å². The van der Waals surface area contributed by atoms with Gasteiger partial charge in [0.25, 0.3) is 5.91 Å². The van der Waals surface area contributed by atoms with Gasteiger partial charge in [-0.05, 0) is 74.5 Å². The first-order valence-corrected chi connectivity index (χ1v) is 11.1. The molecular weight excluding hydrogens is 360 g/mol. The number of halogens is 1. The Kier molecular flexibility index (Phi) is 4.03. The van der Waals surface area contributed by atoms with Gasteiger partial charge in [-0.2, -0.15) is 0 Å². The van der Waals surface area contributed by atoms with Crippen LogP contribution >= 0.6 is 11.6 Å². The molecule has 1 aromatic rings. The second-order valence-corrected chi connectivity index (χ2v) is 10.4. The monoisotopic (exact) mass is 382 g/mol. The van der Waals surface area contributed by atoms with E-state index in [9.17, 15) is 13.2 Å². The highest BCUT2D eigenvalue weighted by Gasteiger charge is 2.51. The van der Waals surface area contributed by atoms with Gasteiger partial charge < -0.3 is 5.32 Å². The highest BCUT2D eigenvalue weighted by molar-refractivity contribution is 7.92. The van der Waals surface area contributed by atoms with Crippen LogP contribution in [0.4, 0.5) is 5.69 Å². The number of carbonyl (C=O) groups is 1. The lowest BCUT2D eigenvalue weighted by molar-refractivity contribution is -0.0166. The van der Waals surface area contributed by atoms with E-state index in [1.807, 2.05) is 0 Å². The molecule has 0 heterocycles. The molecule has 0 saturated heterocycles. The number of hydrogen-bond acceptors (Lipinski definition) is 3. The van der Waals surface area contributed by atoms with Crippen LogP contribution in [0, 0.1) is 17.8 Å². The Balaban J connectivity index is 1.52. The quantitative estimate of drug-likeness (QED) is 0.837. The smallest absolute Gasteiger partial charge is 0.253 e. The van der Waals surface area contributed by atoms with Crippen molar-refractivity contribution in [2.45, 2.75) is 44.1 Å². The third-order valence-electron chi connectivity index (χ3n) is 5.93. The van der Waals surface area contributed by atoms with Gasteiger partial charge in [0, 0.05) is 11.2 Å². The molecule has 4 aliphatic rings. The maximum atomic E-state index is 12.8. The van der Waals surface area contributed by atoms with Crippen LogP contribution < -0.4 is 10.0 Å². The number of amides is 1. The number of sulfonamides is 1. The summed E-state index contributed by atoms with van der Waals surface area (Å²) in [5.74, 6) is 2.10. The Hall–Kier alpha value is -1.27. The molecule has 2 N–H and O–H groups in total. The summed E-state index contributed by atoms with van der Waals surface area (Å²) >= 11 is 6.24. The minimum Gasteiger partial charge on any atom is -0.347 e. The number of anilines is 1. The Morgan fingerprint density at radius 3 is 2.16 bits per heavy atom. The minimum absolute atomic E-state index is 0.0706. The highest BCUT2D eigenvalue weighted by atomic mass is 35.5. The normalized spacial score (nSPS) is 33.3. The summed E-state index contributed by atoms with van der Waals surface area (Å²) in [5, 5.41) is 3.55. The maximum Gasteiger partial charge on any atom is 0.253 e. The van der Waals surface area contributed by atoms with Crippen molar-refractivity contribution < 1.29 is 13.2 Å². The van der Waals surface area contributed by atoms with Crippen molar-refractivity contribution in [2.75, 3.05) is 11.0 Å². The van der Waals surface area contributed by atoms with Gasteiger partial charge in [-0.1, -0.05) is 11.6 Å². The van der Waals surface area contributed by atoms with Gasteiger partial charge in [-0.15, -0.1) is 0 Å². The van der Waals surface area contributed by atoms with E-state index in [1.54, 1.807) is 12.1 Å². The van der Waals surface area contributed by atoms with E-state index >= 15 is 0 Å². The first kappa shape index (κ1) is 17.2. The summed E-state index contributed by atoms with van der Waals surface area (Å²) in [6.45, 7) is 0. The van der Waals surface area contributed by atoms with E-state index in [-0.39, 0.29) is 16.5 Å². The SMILES string of the molecule is CS(=O)(=O)Nc1ccc(C(=O)NC23CC4CC(CC(C4)C2)C3)c(Cl)c1. The average molecular weight is 383 g/mol. The maximum absolute atomic E-state index is 12.8. The van der Waals surface area contributed by atoms with E-state index in [1.165, 1.54) is 25.3 Å². The largest absolute Gasteiger partial charge is 0.347 e. The van der Waals surface area contributed by atoms with E-state index in [0.29, 0.717) is 11.3 Å². The molecule has 0 unspecified atom stereocenters. The molecule has 5 nitrogen and oxygen atoms in total. The molecule has 0 aliphatic heterocycles. The Bertz CT molecular complexity index is 786. The predicted octanol–water partition coefficient (Wildman–Crippen LogP) is 3.41. The molecule has 1 amide bonds. The van der Waals surface area contributed by atoms with Gasteiger partial charge >= 0.3 is 0 Å². The van der Waals surface area contributed by atoms with Crippen LogP contribution in [0.5, 0.6) is 0 Å². The summed E-state index contributed by atoms with van der Waals surface area (Å²) in [4.78, 5) is 12.8. The fraction of sp³-hybridized carbons (Fsp3) is 0.611. The molecule has 5 rings (SSSR count). The molecule has 0 atom stereocenters. The molecular formula is C18H23ClN2O3S. The lowest BCUT2D eigenvalue weighted by Gasteiger charge is -2.56. The van der Waals surface area contributed by atoms with Crippen molar-refractivity contribution >= 4 is 33.2 Å². The molecule has 0 radical (unpaired) electrons.